The van der Waals surface area contributed by atoms with E-state index in [-0.39, 0.29) is 11.4 Å². The van der Waals surface area contributed by atoms with Crippen molar-refractivity contribution in [2.45, 2.75) is 65.2 Å². The molecule has 2 fully saturated rings. The molecule has 0 N–H and O–H groups in total. The smallest absolute Gasteiger partial charge is 0.142 e. The lowest BCUT2D eigenvalue weighted by Gasteiger charge is -2.45. The highest BCUT2D eigenvalue weighted by molar-refractivity contribution is 6.11. The average Bonchev–Trinajstić information content (AvgIpc) is 2.53. The fourth-order valence-electron chi connectivity index (χ4n) is 3.95. The van der Waals surface area contributed by atoms with Crippen LogP contribution in [0.15, 0.2) is 0 Å². The van der Waals surface area contributed by atoms with E-state index in [2.05, 4.69) is 35.5 Å². The summed E-state index contributed by atoms with van der Waals surface area (Å²) in [5.41, 5.74) is 0.266. The van der Waals surface area contributed by atoms with Crippen LogP contribution in [0.1, 0.15) is 47.0 Å². The van der Waals surface area contributed by atoms with E-state index in [1.807, 2.05) is 0 Å². The lowest BCUT2D eigenvalue weighted by atomic mass is 9.62. The van der Waals surface area contributed by atoms with E-state index >= 15 is 0 Å². The zero-order valence-electron chi connectivity index (χ0n) is 12.0. The number of hydrogen-bond donors (Lipinski definition) is 0. The van der Waals surface area contributed by atoms with Crippen LogP contribution in [0.2, 0.25) is 0 Å². The van der Waals surface area contributed by atoms with Gasteiger partial charge >= 0.3 is 0 Å². The third-order valence-electron chi connectivity index (χ3n) is 4.75. The van der Waals surface area contributed by atoms with Crippen LogP contribution in [-0.2, 0) is 9.47 Å². The molecule has 4 atom stereocenters. The summed E-state index contributed by atoms with van der Waals surface area (Å²) in [5.74, 6) is 1.34. The monoisotopic (exact) mass is 238 g/mol. The predicted octanol–water partition coefficient (Wildman–Crippen LogP) is 2.21. The Bertz CT molecular complexity index is 267. The molecule has 2 aliphatic rings. The molecule has 17 heavy (non-hydrogen) atoms. The summed E-state index contributed by atoms with van der Waals surface area (Å²) in [4.78, 5) is 0. The van der Waals surface area contributed by atoms with Crippen LogP contribution in [0.3, 0.4) is 0 Å². The molecule has 2 nitrogen and oxygen atoms in total. The Morgan fingerprint density at radius 2 is 2.00 bits per heavy atom. The summed E-state index contributed by atoms with van der Waals surface area (Å²) in [6, 6.07) is 0.265. The van der Waals surface area contributed by atoms with E-state index < -0.39 is 0 Å². The van der Waals surface area contributed by atoms with Gasteiger partial charge in [-0.3, -0.25) is 0 Å². The molecular weight excluding hydrogens is 211 g/mol. The van der Waals surface area contributed by atoms with Gasteiger partial charge in [-0.15, -0.1) is 0 Å². The van der Waals surface area contributed by atoms with Crippen molar-refractivity contribution >= 4 is 7.85 Å². The quantitative estimate of drug-likeness (QED) is 0.702. The van der Waals surface area contributed by atoms with E-state index in [1.165, 1.54) is 19.3 Å². The van der Waals surface area contributed by atoms with Crippen molar-refractivity contribution in [1.29, 1.82) is 0 Å². The van der Waals surface area contributed by atoms with Gasteiger partial charge in [-0.25, -0.2) is 0 Å². The van der Waals surface area contributed by atoms with Crippen LogP contribution < -0.4 is 0 Å². The molecule has 1 unspecified atom stereocenters. The van der Waals surface area contributed by atoms with Gasteiger partial charge < -0.3 is 9.47 Å². The van der Waals surface area contributed by atoms with Gasteiger partial charge in [-0.1, -0.05) is 27.7 Å². The van der Waals surface area contributed by atoms with E-state index in [9.17, 15) is 0 Å². The van der Waals surface area contributed by atoms with E-state index in [1.54, 1.807) is 0 Å². The molecular formula is C14H27BO2. The standard InChI is InChI=1S/C14H27BO2/c1-9(2)8-11-14(10(3)4)6-5-7-16-12(14)13(15)17-11/h9-13H,5-8,15H2,1-4H3/t11-,12?,13+,14+/m1/s1. The summed E-state index contributed by atoms with van der Waals surface area (Å²) in [6.45, 7) is 10.2. The van der Waals surface area contributed by atoms with Crippen LogP contribution in [-0.4, -0.2) is 32.7 Å². The first-order chi connectivity index (χ1) is 7.98. The minimum Gasteiger partial charge on any atom is -0.381 e. The Kier molecular flexibility index (Phi) is 3.89. The van der Waals surface area contributed by atoms with E-state index in [4.69, 9.17) is 9.47 Å². The highest BCUT2D eigenvalue weighted by Crippen LogP contribution is 2.52. The maximum Gasteiger partial charge on any atom is 0.142 e. The minimum absolute atomic E-state index is 0.265. The van der Waals surface area contributed by atoms with Crippen molar-refractivity contribution in [3.8, 4) is 0 Å². The molecule has 0 aromatic heterocycles. The fraction of sp³-hybridized carbons (Fsp3) is 1.00. The van der Waals surface area contributed by atoms with Gasteiger partial charge in [-0.05, 0) is 31.1 Å². The summed E-state index contributed by atoms with van der Waals surface area (Å²) in [7, 11) is 2.19. The Balaban J connectivity index is 2.26. The second-order valence-electron chi connectivity index (χ2n) is 6.62. The van der Waals surface area contributed by atoms with Crippen LogP contribution in [0.25, 0.3) is 0 Å². The van der Waals surface area contributed by atoms with Crippen molar-refractivity contribution in [3.05, 3.63) is 0 Å². The van der Waals surface area contributed by atoms with Gasteiger partial charge in [0.2, 0.25) is 0 Å². The highest BCUT2D eigenvalue weighted by Gasteiger charge is 2.57. The maximum atomic E-state index is 6.26. The molecule has 2 aliphatic heterocycles. The lowest BCUT2D eigenvalue weighted by Crippen LogP contribution is -2.50. The first-order valence-electron chi connectivity index (χ1n) is 7.25. The second kappa shape index (κ2) is 4.93. The fourth-order valence-corrected chi connectivity index (χ4v) is 3.95. The minimum atomic E-state index is 0.265. The molecule has 0 aliphatic carbocycles. The van der Waals surface area contributed by atoms with Gasteiger partial charge in [-0.2, -0.15) is 0 Å². The first-order valence-corrected chi connectivity index (χ1v) is 7.25. The SMILES string of the molecule is B[C@H]1O[C@H](CC(C)C)[C@@]2(C(C)C)CCCOC12. The molecule has 0 amide bonds. The summed E-state index contributed by atoms with van der Waals surface area (Å²) in [5, 5.41) is 0. The molecule has 98 valence electrons. The normalized spacial score (nSPS) is 42.1. The number of ether oxygens (including phenoxy) is 2. The van der Waals surface area contributed by atoms with Gasteiger partial charge in [0.25, 0.3) is 0 Å². The van der Waals surface area contributed by atoms with Gasteiger partial charge in [0.1, 0.15) is 7.85 Å². The van der Waals surface area contributed by atoms with Crippen LogP contribution >= 0.6 is 0 Å². The van der Waals surface area contributed by atoms with Gasteiger partial charge in [0, 0.05) is 12.0 Å². The molecule has 2 rings (SSSR count). The van der Waals surface area contributed by atoms with Crippen molar-refractivity contribution in [1.82, 2.24) is 0 Å². The molecule has 0 saturated carbocycles. The maximum absolute atomic E-state index is 6.26. The number of fused-ring (bicyclic) bond motifs is 1. The summed E-state index contributed by atoms with van der Waals surface area (Å²) in [6.07, 6.45) is 4.35. The average molecular weight is 238 g/mol. The Morgan fingerprint density at radius 3 is 2.59 bits per heavy atom. The third kappa shape index (κ3) is 2.17. The van der Waals surface area contributed by atoms with Crippen molar-refractivity contribution in [2.75, 3.05) is 6.61 Å². The molecule has 3 heteroatoms. The number of hydrogen-bond acceptors (Lipinski definition) is 2. The topological polar surface area (TPSA) is 18.5 Å². The van der Waals surface area contributed by atoms with Crippen LogP contribution in [0, 0.1) is 17.3 Å². The molecule has 0 aromatic rings. The summed E-state index contributed by atoms with van der Waals surface area (Å²) < 4.78 is 12.3. The molecule has 0 aromatic carbocycles. The van der Waals surface area contributed by atoms with E-state index in [0.29, 0.717) is 24.0 Å². The predicted molar refractivity (Wildman–Crippen MR) is 72.9 cm³/mol. The zero-order chi connectivity index (χ0) is 12.6. The van der Waals surface area contributed by atoms with Crippen molar-refractivity contribution in [3.63, 3.8) is 0 Å². The van der Waals surface area contributed by atoms with Crippen molar-refractivity contribution < 1.29 is 9.47 Å². The van der Waals surface area contributed by atoms with Crippen molar-refractivity contribution in [2.24, 2.45) is 17.3 Å². The zero-order valence-corrected chi connectivity index (χ0v) is 12.0. The molecule has 0 spiro atoms. The molecule has 2 heterocycles. The van der Waals surface area contributed by atoms with Gasteiger partial charge in [0.05, 0.1) is 18.2 Å². The highest BCUT2D eigenvalue weighted by atomic mass is 16.6. The first kappa shape index (κ1) is 13.4. The van der Waals surface area contributed by atoms with E-state index in [0.717, 1.165) is 6.61 Å². The van der Waals surface area contributed by atoms with Gasteiger partial charge in [0.15, 0.2) is 0 Å². The Labute approximate surface area is 107 Å². The Morgan fingerprint density at radius 1 is 1.29 bits per heavy atom. The lowest BCUT2D eigenvalue weighted by molar-refractivity contribution is -0.0961. The number of rotatable bonds is 3. The third-order valence-corrected chi connectivity index (χ3v) is 4.75. The van der Waals surface area contributed by atoms with Crippen LogP contribution in [0.5, 0.6) is 0 Å². The Hall–Kier alpha value is -0.0151. The summed E-state index contributed by atoms with van der Waals surface area (Å²) >= 11 is 0. The second-order valence-corrected chi connectivity index (χ2v) is 6.62. The van der Waals surface area contributed by atoms with Crippen LogP contribution in [0.4, 0.5) is 0 Å². The largest absolute Gasteiger partial charge is 0.381 e. The molecule has 0 radical (unpaired) electrons. The molecule has 0 bridgehead atoms. The molecule has 2 saturated heterocycles.